The average molecular weight is 417 g/mol. The molecule has 1 aliphatic heterocycles. The molecule has 0 saturated carbocycles. The van der Waals surface area contributed by atoms with Crippen LogP contribution in [0.2, 0.25) is 0 Å². The van der Waals surface area contributed by atoms with Crippen molar-refractivity contribution in [2.45, 2.75) is 83.6 Å². The molecule has 0 unspecified atom stereocenters. The van der Waals surface area contributed by atoms with Crippen molar-refractivity contribution < 1.29 is 19.4 Å². The van der Waals surface area contributed by atoms with Crippen molar-refractivity contribution in [2.24, 2.45) is 0 Å². The molecule has 0 aliphatic carbocycles. The van der Waals surface area contributed by atoms with Crippen molar-refractivity contribution in [2.75, 3.05) is 13.2 Å². The maximum Gasteiger partial charge on any atom is 0.405 e. The van der Waals surface area contributed by atoms with E-state index in [2.05, 4.69) is 41.1 Å². The fraction of sp³-hybridized carbons (Fsp3) is 0.625. The summed E-state index contributed by atoms with van der Waals surface area (Å²) < 4.78 is 13.6. The van der Waals surface area contributed by atoms with Crippen LogP contribution in [0.1, 0.15) is 64.9 Å². The van der Waals surface area contributed by atoms with Crippen molar-refractivity contribution in [3.05, 3.63) is 36.0 Å². The zero-order valence-corrected chi connectivity index (χ0v) is 18.6. The molecular weight excluding hydrogens is 380 g/mol. The number of ether oxygens (including phenoxy) is 2. The van der Waals surface area contributed by atoms with Gasteiger partial charge < -0.3 is 24.5 Å². The van der Waals surface area contributed by atoms with E-state index in [4.69, 9.17) is 9.47 Å². The molecule has 1 aromatic carbocycles. The van der Waals surface area contributed by atoms with Gasteiger partial charge in [-0.2, -0.15) is 0 Å². The summed E-state index contributed by atoms with van der Waals surface area (Å²) in [5.41, 5.74) is 1.64. The van der Waals surface area contributed by atoms with Crippen LogP contribution in [0.3, 0.4) is 0 Å². The van der Waals surface area contributed by atoms with Crippen LogP contribution in [-0.2, 0) is 22.4 Å². The fourth-order valence-electron chi connectivity index (χ4n) is 4.12. The molecule has 6 heteroatoms. The van der Waals surface area contributed by atoms with E-state index in [0.717, 1.165) is 11.9 Å². The zero-order valence-electron chi connectivity index (χ0n) is 18.6. The molecule has 0 spiro atoms. The summed E-state index contributed by atoms with van der Waals surface area (Å²) in [5.74, 6) is -0.701. The van der Waals surface area contributed by atoms with E-state index in [-0.39, 0.29) is 13.2 Å². The third kappa shape index (κ3) is 5.99. The molecule has 2 heterocycles. The molecule has 0 radical (unpaired) electrons. The Morgan fingerprint density at radius 1 is 1.10 bits per heavy atom. The first-order chi connectivity index (χ1) is 14.3. The Morgan fingerprint density at radius 3 is 2.50 bits per heavy atom. The Balaban J connectivity index is 1.66. The number of fused-ring (bicyclic) bond motifs is 1. The van der Waals surface area contributed by atoms with Gasteiger partial charge >= 0.3 is 6.09 Å². The number of carboxylic acid groups (broad SMARTS) is 1. The number of rotatable bonds is 10. The van der Waals surface area contributed by atoms with Crippen LogP contribution in [0, 0.1) is 0 Å². The lowest BCUT2D eigenvalue weighted by atomic mass is 10.00. The number of hydrogen-bond acceptors (Lipinski definition) is 3. The van der Waals surface area contributed by atoms with Gasteiger partial charge in [0, 0.05) is 11.7 Å². The monoisotopic (exact) mass is 416 g/mol. The molecule has 6 nitrogen and oxygen atoms in total. The smallest absolute Gasteiger partial charge is 0.405 e. The van der Waals surface area contributed by atoms with Gasteiger partial charge in [-0.15, -0.1) is 0 Å². The van der Waals surface area contributed by atoms with Crippen LogP contribution < -0.4 is 5.32 Å². The molecule has 2 aromatic rings. The molecule has 2 N–H and O–H groups in total. The van der Waals surface area contributed by atoms with Gasteiger partial charge in [-0.3, -0.25) is 0 Å². The second kappa shape index (κ2) is 9.84. The highest BCUT2D eigenvalue weighted by Gasteiger charge is 2.42. The average Bonchev–Trinajstić information content (AvgIpc) is 3.08. The lowest BCUT2D eigenvalue weighted by molar-refractivity contribution is -0.271. The second-order valence-corrected chi connectivity index (χ2v) is 9.04. The predicted molar refractivity (Wildman–Crippen MR) is 119 cm³/mol. The van der Waals surface area contributed by atoms with Gasteiger partial charge in [-0.25, -0.2) is 4.79 Å². The van der Waals surface area contributed by atoms with Gasteiger partial charge in [0.1, 0.15) is 5.54 Å². The van der Waals surface area contributed by atoms with Crippen LogP contribution in [0.4, 0.5) is 4.79 Å². The number of aromatic nitrogens is 1. The summed E-state index contributed by atoms with van der Waals surface area (Å²) in [6, 6.07) is 8.69. The first-order valence-corrected chi connectivity index (χ1v) is 11.2. The first kappa shape index (κ1) is 22.6. The van der Waals surface area contributed by atoms with E-state index >= 15 is 0 Å². The Labute approximate surface area is 179 Å². The summed E-state index contributed by atoms with van der Waals surface area (Å²) in [5, 5.41) is 13.2. The van der Waals surface area contributed by atoms with Crippen molar-refractivity contribution in [3.63, 3.8) is 0 Å². The van der Waals surface area contributed by atoms with Crippen LogP contribution >= 0.6 is 0 Å². The number of amides is 1. The lowest BCUT2D eigenvalue weighted by Crippen LogP contribution is -2.62. The maximum absolute atomic E-state index is 11.4. The highest BCUT2D eigenvalue weighted by Crippen LogP contribution is 2.27. The Bertz CT molecular complexity index is 833. The predicted octanol–water partition coefficient (Wildman–Crippen LogP) is 5.33. The molecule has 1 amide bonds. The summed E-state index contributed by atoms with van der Waals surface area (Å²) in [4.78, 5) is 11.4. The number of carbonyl (C=O) groups is 1. The molecule has 0 bridgehead atoms. The molecule has 1 aromatic heterocycles. The van der Waals surface area contributed by atoms with Gasteiger partial charge in [-0.05, 0) is 55.8 Å². The third-order valence-corrected chi connectivity index (χ3v) is 5.89. The zero-order chi connectivity index (χ0) is 21.6. The normalized spacial score (nSPS) is 17.8. The molecule has 1 aliphatic rings. The standard InChI is InChI=1S/C24H36N2O4/c1-4-5-6-7-8-9-10-19-11-12-21-20(15-19)13-14-26(21)16-24(25-22(27)28)17-29-23(2,3)30-18-24/h11-15,25H,4-10,16-18H2,1-3H3,(H,27,28). The number of aryl methyl sites for hydroxylation is 1. The van der Waals surface area contributed by atoms with Gasteiger partial charge in [0.2, 0.25) is 0 Å². The van der Waals surface area contributed by atoms with Crippen LogP contribution in [-0.4, -0.2) is 40.3 Å². The van der Waals surface area contributed by atoms with E-state index < -0.39 is 17.4 Å². The van der Waals surface area contributed by atoms with Gasteiger partial charge in [0.25, 0.3) is 0 Å². The molecular formula is C24H36N2O4. The minimum atomic E-state index is -1.07. The Hall–Kier alpha value is -2.05. The van der Waals surface area contributed by atoms with Crippen molar-refractivity contribution in [3.8, 4) is 0 Å². The number of nitrogens with one attached hydrogen (secondary N) is 1. The summed E-state index contributed by atoms with van der Waals surface area (Å²) in [6.45, 7) is 6.91. The molecule has 1 fully saturated rings. The molecule has 0 atom stereocenters. The molecule has 3 rings (SSSR count). The SMILES string of the molecule is CCCCCCCCc1ccc2c(ccn2CC2(NC(=O)O)COC(C)(C)OC2)c1. The maximum atomic E-state index is 11.4. The summed E-state index contributed by atoms with van der Waals surface area (Å²) >= 11 is 0. The first-order valence-electron chi connectivity index (χ1n) is 11.2. The second-order valence-electron chi connectivity index (χ2n) is 9.04. The number of benzene rings is 1. The van der Waals surface area contributed by atoms with Crippen molar-refractivity contribution >= 4 is 17.0 Å². The lowest BCUT2D eigenvalue weighted by Gasteiger charge is -2.43. The van der Waals surface area contributed by atoms with Crippen molar-refractivity contribution in [1.82, 2.24) is 9.88 Å². The highest BCUT2D eigenvalue weighted by molar-refractivity contribution is 5.81. The Morgan fingerprint density at radius 2 is 1.80 bits per heavy atom. The summed E-state index contributed by atoms with van der Waals surface area (Å²) in [7, 11) is 0. The molecule has 1 saturated heterocycles. The third-order valence-electron chi connectivity index (χ3n) is 5.89. The van der Waals surface area contributed by atoms with Crippen molar-refractivity contribution in [1.29, 1.82) is 0 Å². The number of unbranched alkanes of at least 4 members (excludes halogenated alkanes) is 5. The number of hydrogen-bond donors (Lipinski definition) is 2. The molecule has 30 heavy (non-hydrogen) atoms. The summed E-state index contributed by atoms with van der Waals surface area (Å²) in [6.07, 6.45) is 9.86. The minimum Gasteiger partial charge on any atom is -0.465 e. The van der Waals surface area contributed by atoms with Crippen LogP contribution in [0.15, 0.2) is 30.5 Å². The quantitative estimate of drug-likeness (QED) is 0.513. The van der Waals surface area contributed by atoms with Gasteiger partial charge in [0.15, 0.2) is 5.79 Å². The van der Waals surface area contributed by atoms with E-state index in [1.54, 1.807) is 0 Å². The Kier molecular flexibility index (Phi) is 7.42. The van der Waals surface area contributed by atoms with E-state index in [1.165, 1.54) is 49.5 Å². The van der Waals surface area contributed by atoms with Gasteiger partial charge in [0.05, 0.1) is 19.8 Å². The largest absolute Gasteiger partial charge is 0.465 e. The van der Waals surface area contributed by atoms with E-state index in [9.17, 15) is 9.90 Å². The molecule has 166 valence electrons. The highest BCUT2D eigenvalue weighted by atomic mass is 16.7. The topological polar surface area (TPSA) is 72.7 Å². The fourth-order valence-corrected chi connectivity index (χ4v) is 4.12. The van der Waals surface area contributed by atoms with Gasteiger partial charge in [-0.1, -0.05) is 45.1 Å². The van der Waals surface area contributed by atoms with Crippen LogP contribution in [0.25, 0.3) is 10.9 Å². The van der Waals surface area contributed by atoms with E-state index in [0.29, 0.717) is 6.54 Å². The van der Waals surface area contributed by atoms with Crippen LogP contribution in [0.5, 0.6) is 0 Å². The number of nitrogens with zero attached hydrogens (tertiary/aromatic N) is 1. The minimum absolute atomic E-state index is 0.266. The van der Waals surface area contributed by atoms with E-state index in [1.807, 2.05) is 20.0 Å².